The molecule has 0 spiro atoms. The number of rotatable bonds is 2. The van der Waals surface area contributed by atoms with Gasteiger partial charge >= 0.3 is 0 Å². The van der Waals surface area contributed by atoms with Crippen molar-refractivity contribution < 1.29 is 5.11 Å². The fraction of sp³-hybridized carbons (Fsp3) is 0.400. The van der Waals surface area contributed by atoms with Gasteiger partial charge in [0.2, 0.25) is 0 Å². The molecule has 2 rings (SSSR count). The van der Waals surface area contributed by atoms with Crippen molar-refractivity contribution in [3.63, 3.8) is 0 Å². The van der Waals surface area contributed by atoms with Crippen LogP contribution in [0.5, 0.6) is 5.75 Å². The van der Waals surface area contributed by atoms with E-state index in [2.05, 4.69) is 45.2 Å². The van der Waals surface area contributed by atoms with Gasteiger partial charge in [-0.25, -0.2) is 0 Å². The van der Waals surface area contributed by atoms with Crippen molar-refractivity contribution in [2.24, 2.45) is 11.7 Å². The summed E-state index contributed by atoms with van der Waals surface area (Å²) < 4.78 is 1.78. The van der Waals surface area contributed by atoms with Gasteiger partial charge in [-0.05, 0) is 81.6 Å². The highest BCUT2D eigenvalue weighted by molar-refractivity contribution is 14.1. The van der Waals surface area contributed by atoms with Crippen molar-refractivity contribution in [1.82, 2.24) is 0 Å². The summed E-state index contributed by atoms with van der Waals surface area (Å²) in [7, 11) is 0. The van der Waals surface area contributed by atoms with Crippen LogP contribution in [0.4, 0.5) is 0 Å². The second-order valence-corrected chi connectivity index (χ2v) is 6.02. The number of aromatic hydroxyl groups is 1. The first kappa shape index (κ1) is 10.9. The fourth-order valence-electron chi connectivity index (χ4n) is 1.51. The first-order chi connectivity index (χ1) is 6.59. The molecule has 76 valence electrons. The molecule has 1 saturated carbocycles. The summed E-state index contributed by atoms with van der Waals surface area (Å²) in [5, 5.41) is 9.61. The summed E-state index contributed by atoms with van der Waals surface area (Å²) in [5.74, 6) is 1.03. The normalized spacial score (nSPS) is 18.2. The minimum atomic E-state index is 0.151. The highest BCUT2D eigenvalue weighted by Crippen LogP contribution is 2.41. The number of phenols is 1. The molecule has 1 fully saturated rings. The van der Waals surface area contributed by atoms with Crippen molar-refractivity contribution in [3.8, 4) is 5.75 Å². The number of halogens is 2. The van der Waals surface area contributed by atoms with Gasteiger partial charge in [0.25, 0.3) is 0 Å². The molecule has 0 aromatic heterocycles. The van der Waals surface area contributed by atoms with E-state index in [9.17, 15) is 5.11 Å². The standard InChI is InChI=1S/C10H11I2NO/c11-7-3-6(4-8(12)10(7)14)9(13)5-1-2-5/h3-5,9,14H,1-2,13H2/t9-/m1/s1. The van der Waals surface area contributed by atoms with Gasteiger partial charge in [-0.1, -0.05) is 0 Å². The molecule has 0 radical (unpaired) electrons. The van der Waals surface area contributed by atoms with Crippen LogP contribution >= 0.6 is 45.2 Å². The van der Waals surface area contributed by atoms with Gasteiger partial charge in [-0.2, -0.15) is 0 Å². The number of hydrogen-bond donors (Lipinski definition) is 2. The van der Waals surface area contributed by atoms with Crippen LogP contribution in [-0.4, -0.2) is 5.11 Å². The van der Waals surface area contributed by atoms with E-state index >= 15 is 0 Å². The van der Waals surface area contributed by atoms with E-state index in [-0.39, 0.29) is 6.04 Å². The first-order valence-corrected chi connectivity index (χ1v) is 6.69. The minimum absolute atomic E-state index is 0.151. The molecule has 0 bridgehead atoms. The van der Waals surface area contributed by atoms with E-state index in [1.165, 1.54) is 12.8 Å². The van der Waals surface area contributed by atoms with Crippen molar-refractivity contribution in [2.75, 3.05) is 0 Å². The zero-order chi connectivity index (χ0) is 10.3. The maximum Gasteiger partial charge on any atom is 0.142 e. The van der Waals surface area contributed by atoms with E-state index in [1.54, 1.807) is 0 Å². The van der Waals surface area contributed by atoms with Gasteiger partial charge in [0.05, 0.1) is 7.14 Å². The molecule has 1 aliphatic carbocycles. The second-order valence-electron chi connectivity index (χ2n) is 3.70. The molecule has 3 N–H and O–H groups in total. The van der Waals surface area contributed by atoms with E-state index < -0.39 is 0 Å². The molecule has 0 heterocycles. The maximum atomic E-state index is 9.61. The Morgan fingerprint density at radius 1 is 1.29 bits per heavy atom. The molecule has 0 saturated heterocycles. The Morgan fingerprint density at radius 2 is 1.79 bits per heavy atom. The lowest BCUT2D eigenvalue weighted by molar-refractivity contribution is 0.466. The van der Waals surface area contributed by atoms with E-state index in [0.717, 1.165) is 12.7 Å². The molecule has 2 nitrogen and oxygen atoms in total. The predicted octanol–water partition coefficient (Wildman–Crippen LogP) is 3.01. The molecule has 1 aliphatic rings. The summed E-state index contributed by atoms with van der Waals surface area (Å²) >= 11 is 4.28. The lowest BCUT2D eigenvalue weighted by Gasteiger charge is -2.12. The molecule has 1 aromatic rings. The van der Waals surface area contributed by atoms with Crippen molar-refractivity contribution in [2.45, 2.75) is 18.9 Å². The summed E-state index contributed by atoms with van der Waals surface area (Å²) in [6, 6.07) is 4.12. The molecular formula is C10H11I2NO. The second kappa shape index (κ2) is 4.13. The summed E-state index contributed by atoms with van der Waals surface area (Å²) in [6.45, 7) is 0. The van der Waals surface area contributed by atoms with Crippen molar-refractivity contribution >= 4 is 45.2 Å². The maximum absolute atomic E-state index is 9.61. The molecule has 14 heavy (non-hydrogen) atoms. The number of phenolic OH excluding ortho intramolecular Hbond substituents is 1. The van der Waals surface area contributed by atoms with Crippen molar-refractivity contribution in [1.29, 1.82) is 0 Å². The Kier molecular flexibility index (Phi) is 3.23. The summed E-state index contributed by atoms with van der Waals surface area (Å²) in [4.78, 5) is 0. The molecule has 4 heteroatoms. The van der Waals surface area contributed by atoms with Gasteiger partial charge in [0.15, 0.2) is 0 Å². The SMILES string of the molecule is N[C@@H](c1cc(I)c(O)c(I)c1)C1CC1. The topological polar surface area (TPSA) is 46.2 Å². The Labute approximate surface area is 111 Å². The quantitative estimate of drug-likeness (QED) is 0.731. The van der Waals surface area contributed by atoms with Crippen LogP contribution in [-0.2, 0) is 0 Å². The third kappa shape index (κ3) is 2.16. The van der Waals surface area contributed by atoms with Crippen LogP contribution in [0.25, 0.3) is 0 Å². The van der Waals surface area contributed by atoms with Gasteiger partial charge in [0.1, 0.15) is 5.75 Å². The van der Waals surface area contributed by atoms with E-state index in [0.29, 0.717) is 11.7 Å². The smallest absolute Gasteiger partial charge is 0.142 e. The van der Waals surface area contributed by atoms with Gasteiger partial charge in [0, 0.05) is 6.04 Å². The molecular weight excluding hydrogens is 404 g/mol. The third-order valence-corrected chi connectivity index (χ3v) is 4.20. The number of hydrogen-bond acceptors (Lipinski definition) is 2. The average Bonchev–Trinajstić information content (AvgIpc) is 2.95. The summed E-state index contributed by atoms with van der Waals surface area (Å²) in [5.41, 5.74) is 7.25. The Morgan fingerprint density at radius 3 is 2.21 bits per heavy atom. The monoisotopic (exact) mass is 415 g/mol. The zero-order valence-electron chi connectivity index (χ0n) is 7.50. The van der Waals surface area contributed by atoms with Gasteiger partial charge < -0.3 is 10.8 Å². The molecule has 0 aliphatic heterocycles. The van der Waals surface area contributed by atoms with E-state index in [4.69, 9.17) is 5.73 Å². The van der Waals surface area contributed by atoms with Crippen LogP contribution in [0.15, 0.2) is 12.1 Å². The van der Waals surface area contributed by atoms with Gasteiger partial charge in [-0.15, -0.1) is 0 Å². The van der Waals surface area contributed by atoms with Crippen molar-refractivity contribution in [3.05, 3.63) is 24.8 Å². The third-order valence-electron chi connectivity index (χ3n) is 2.55. The number of benzene rings is 1. The summed E-state index contributed by atoms with van der Waals surface area (Å²) in [6.07, 6.45) is 2.49. The highest BCUT2D eigenvalue weighted by Gasteiger charge is 2.30. The molecule has 0 unspecified atom stereocenters. The highest BCUT2D eigenvalue weighted by atomic mass is 127. The van der Waals surface area contributed by atoms with Crippen LogP contribution in [0.3, 0.4) is 0 Å². The first-order valence-electron chi connectivity index (χ1n) is 4.53. The van der Waals surface area contributed by atoms with Crippen LogP contribution in [0, 0.1) is 13.1 Å². The van der Waals surface area contributed by atoms with Crippen LogP contribution in [0.1, 0.15) is 24.4 Å². The van der Waals surface area contributed by atoms with Crippen LogP contribution in [0.2, 0.25) is 0 Å². The predicted molar refractivity (Wildman–Crippen MR) is 73.2 cm³/mol. The van der Waals surface area contributed by atoms with Gasteiger partial charge in [-0.3, -0.25) is 0 Å². The minimum Gasteiger partial charge on any atom is -0.506 e. The van der Waals surface area contributed by atoms with E-state index in [1.807, 2.05) is 12.1 Å². The Hall–Kier alpha value is 0.440. The fourth-order valence-corrected chi connectivity index (χ4v) is 3.32. The molecule has 0 amide bonds. The molecule has 1 atom stereocenters. The Bertz CT molecular complexity index is 340. The number of nitrogens with two attached hydrogens (primary N) is 1. The Balaban J connectivity index is 2.34. The lowest BCUT2D eigenvalue weighted by atomic mass is 10.0. The average molecular weight is 415 g/mol. The zero-order valence-corrected chi connectivity index (χ0v) is 11.8. The van der Waals surface area contributed by atoms with Crippen LogP contribution < -0.4 is 5.73 Å². The largest absolute Gasteiger partial charge is 0.506 e. The lowest BCUT2D eigenvalue weighted by Crippen LogP contribution is -2.12. The molecule has 1 aromatic carbocycles.